The molecule has 0 radical (unpaired) electrons. The van der Waals surface area contributed by atoms with E-state index in [1.807, 2.05) is 0 Å². The van der Waals surface area contributed by atoms with Crippen molar-refractivity contribution >= 4 is 67.2 Å². The summed E-state index contributed by atoms with van der Waals surface area (Å²) in [7, 11) is -10.3. The molecule has 330 valence electrons. The zero-order valence-electron chi connectivity index (χ0n) is 32.3. The second kappa shape index (κ2) is 19.3. The number of nitrogens with one attached hydrogen (secondary N) is 1. The minimum atomic E-state index is -5.25. The number of carbonyl (C=O) groups excluding carboxylic acids is 3. The van der Waals surface area contributed by atoms with Crippen LogP contribution in [0.2, 0.25) is 0 Å². The van der Waals surface area contributed by atoms with Crippen LogP contribution in [0.5, 0.6) is 0 Å². The number of nitrogens with two attached hydrogens (primary N) is 2. The number of hydrogen-bond acceptors (Lipinski definition) is 20. The lowest BCUT2D eigenvalue weighted by Gasteiger charge is -2.26. The summed E-state index contributed by atoms with van der Waals surface area (Å²) in [4.78, 5) is 97.3. The van der Waals surface area contributed by atoms with Crippen molar-refractivity contribution in [3.63, 3.8) is 0 Å². The molecule has 28 heteroatoms. The van der Waals surface area contributed by atoms with Crippen LogP contribution in [-0.2, 0) is 51.3 Å². The van der Waals surface area contributed by atoms with Gasteiger partial charge in [-0.1, -0.05) is 38.6 Å². The molecule has 0 saturated carbocycles. The SMILES string of the molecule is C=CCCC(=O)N[C@H](CC(=O)SC(C)(C)C)C(=O)OC1C(COP(=O)(O)O[C@H]2C[C@H](n3ccc(N)nc3=O)O[C@@H]2COP(=O)(O)O)OC(n2cnc3c(N)ncnc32)C1O. The fourth-order valence-corrected chi connectivity index (χ4v) is 8.30. The van der Waals surface area contributed by atoms with Gasteiger partial charge in [0.1, 0.15) is 54.3 Å². The fraction of sp³-hybridized carbons (Fsp3) is 0.562. The van der Waals surface area contributed by atoms with Crippen LogP contribution >= 0.6 is 27.4 Å². The van der Waals surface area contributed by atoms with Crippen LogP contribution in [0.25, 0.3) is 11.2 Å². The number of phosphoric acid groups is 2. The molecular formula is C32H45N9O16P2S. The van der Waals surface area contributed by atoms with E-state index < -0.39 is 112 Å². The van der Waals surface area contributed by atoms with Gasteiger partial charge in [0.25, 0.3) is 0 Å². The third-order valence-electron chi connectivity index (χ3n) is 8.63. The monoisotopic (exact) mass is 905 g/mol. The molecule has 2 saturated heterocycles. The number of amides is 1. The molecule has 0 aromatic carbocycles. The van der Waals surface area contributed by atoms with E-state index in [-0.39, 0.29) is 42.1 Å². The average Bonchev–Trinajstić information content (AvgIpc) is 3.83. The van der Waals surface area contributed by atoms with E-state index in [4.69, 9.17) is 34.7 Å². The highest BCUT2D eigenvalue weighted by atomic mass is 32.2. The number of imidazole rings is 1. The number of phosphoric ester groups is 2. The molecule has 60 heavy (non-hydrogen) atoms. The summed E-state index contributed by atoms with van der Waals surface area (Å²) in [5.74, 6) is -1.90. The lowest BCUT2D eigenvalue weighted by Crippen LogP contribution is -2.47. The van der Waals surface area contributed by atoms with E-state index in [2.05, 4.69) is 36.4 Å². The van der Waals surface area contributed by atoms with E-state index in [9.17, 15) is 48.1 Å². The number of carbonyl (C=O) groups is 3. The number of aliphatic hydroxyl groups excluding tert-OH is 1. The Bertz CT molecular complexity index is 2220. The average molecular weight is 906 g/mol. The Hall–Kier alpha value is -4.17. The number of nitrogen functional groups attached to an aromatic ring is 2. The number of fused-ring (bicyclic) bond motifs is 1. The van der Waals surface area contributed by atoms with Gasteiger partial charge < -0.3 is 50.8 Å². The maximum atomic E-state index is 13.8. The zero-order valence-corrected chi connectivity index (χ0v) is 34.9. The van der Waals surface area contributed by atoms with E-state index >= 15 is 0 Å². The maximum Gasteiger partial charge on any atom is 0.472 e. The Morgan fingerprint density at radius 3 is 2.48 bits per heavy atom. The third-order valence-corrected chi connectivity index (χ3v) is 11.1. The molecule has 2 fully saturated rings. The molecule has 25 nitrogen and oxygen atoms in total. The lowest BCUT2D eigenvalue weighted by molar-refractivity contribution is -0.160. The van der Waals surface area contributed by atoms with E-state index in [0.717, 1.165) is 22.7 Å². The van der Waals surface area contributed by atoms with Crippen molar-refractivity contribution < 1.29 is 71.1 Å². The summed E-state index contributed by atoms with van der Waals surface area (Å²) in [5, 5.41) is 13.6. The second-order valence-electron chi connectivity index (χ2n) is 14.4. The van der Waals surface area contributed by atoms with Crippen LogP contribution in [0.4, 0.5) is 11.6 Å². The number of thioether (sulfide) groups is 1. The molecule has 3 aromatic rings. The Kier molecular flexibility index (Phi) is 15.0. The summed E-state index contributed by atoms with van der Waals surface area (Å²) in [5.41, 5.74) is 10.8. The smallest absolute Gasteiger partial charge is 0.455 e. The van der Waals surface area contributed by atoms with Crippen molar-refractivity contribution in [1.29, 1.82) is 0 Å². The van der Waals surface area contributed by atoms with Crippen molar-refractivity contribution in [1.82, 2.24) is 34.4 Å². The van der Waals surface area contributed by atoms with E-state index in [0.29, 0.717) is 0 Å². The Balaban J connectivity index is 1.39. The Morgan fingerprint density at radius 1 is 1.10 bits per heavy atom. The molecule has 5 unspecified atom stereocenters. The summed E-state index contributed by atoms with van der Waals surface area (Å²) in [6.45, 7) is 7.10. The molecule has 5 rings (SSSR count). The van der Waals surface area contributed by atoms with Crippen LogP contribution in [-0.4, -0.2) is 120 Å². The largest absolute Gasteiger partial charge is 0.472 e. The first-order valence-electron chi connectivity index (χ1n) is 18.0. The maximum absolute atomic E-state index is 13.8. The number of nitrogens with zero attached hydrogens (tertiary/aromatic N) is 6. The van der Waals surface area contributed by atoms with Crippen LogP contribution in [0.1, 0.15) is 58.9 Å². The molecule has 5 heterocycles. The van der Waals surface area contributed by atoms with Gasteiger partial charge in [-0.05, 0) is 12.5 Å². The molecule has 3 aromatic heterocycles. The first kappa shape index (κ1) is 46.9. The van der Waals surface area contributed by atoms with Crippen molar-refractivity contribution in [3.05, 3.63) is 48.1 Å². The van der Waals surface area contributed by atoms with Gasteiger partial charge in [-0.15, -0.1) is 6.58 Å². The Morgan fingerprint density at radius 2 is 1.82 bits per heavy atom. The Labute approximate surface area is 345 Å². The number of aromatic nitrogens is 6. The molecule has 0 aliphatic carbocycles. The number of allylic oxidation sites excluding steroid dienone is 1. The number of rotatable bonds is 18. The van der Waals surface area contributed by atoms with Crippen LogP contribution < -0.4 is 22.5 Å². The van der Waals surface area contributed by atoms with Gasteiger partial charge >= 0.3 is 27.3 Å². The molecule has 2 aliphatic heterocycles. The van der Waals surface area contributed by atoms with Gasteiger partial charge in [-0.2, -0.15) is 4.98 Å². The fourth-order valence-electron chi connectivity index (χ4n) is 6.06. The van der Waals surface area contributed by atoms with Crippen molar-refractivity contribution in [2.24, 2.45) is 0 Å². The summed E-state index contributed by atoms with van der Waals surface area (Å²) in [6.07, 6.45) is -6.39. The standard InChI is InChI=1S/C32H45N9O16P2S/c1-5-6-7-21(42)38-16(10-23(43)60-32(2,3)4)30(45)56-26-19(55-29(25(26)44)41-15-37-24-27(34)35-14-36-28(24)41)13-53-59(50,51)57-17-11-22(40-9-8-20(33)39-31(40)46)54-18(17)12-52-58(47,48)49/h5,8-9,14-19,22,25-26,29,44H,1,6-7,10-13H2,2-4H3,(H,38,42)(H,50,51)(H2,33,39,46)(H2,34,35,36)(H2,47,48,49)/t16-,17+,18-,19?,22-,25?,26?,29?/m1/s1. The van der Waals surface area contributed by atoms with Gasteiger partial charge in [0.2, 0.25) is 5.91 Å². The minimum Gasteiger partial charge on any atom is -0.455 e. The van der Waals surface area contributed by atoms with Gasteiger partial charge in [0.15, 0.2) is 28.9 Å². The van der Waals surface area contributed by atoms with Gasteiger partial charge in [0.05, 0.1) is 19.5 Å². The van der Waals surface area contributed by atoms with E-state index in [1.165, 1.54) is 29.2 Å². The topological polar surface area (TPSA) is 364 Å². The number of hydrogen-bond donors (Lipinski definition) is 7. The van der Waals surface area contributed by atoms with Gasteiger partial charge in [0, 0.05) is 30.2 Å². The quantitative estimate of drug-likeness (QED) is 0.0510. The molecule has 0 bridgehead atoms. The van der Waals surface area contributed by atoms with Gasteiger partial charge in [-0.3, -0.25) is 32.3 Å². The van der Waals surface area contributed by atoms with E-state index in [1.54, 1.807) is 20.8 Å². The zero-order chi connectivity index (χ0) is 44.2. The molecular weight excluding hydrogens is 860 g/mol. The highest BCUT2D eigenvalue weighted by molar-refractivity contribution is 8.14. The van der Waals surface area contributed by atoms with Crippen LogP contribution in [0.3, 0.4) is 0 Å². The molecule has 0 spiro atoms. The normalized spacial score (nSPS) is 24.8. The number of aliphatic hydroxyl groups is 1. The highest BCUT2D eigenvalue weighted by Gasteiger charge is 2.50. The van der Waals surface area contributed by atoms with Crippen LogP contribution in [0, 0.1) is 0 Å². The number of ether oxygens (including phenoxy) is 3. The molecule has 1 amide bonds. The number of anilines is 2. The van der Waals surface area contributed by atoms with Gasteiger partial charge in [-0.25, -0.2) is 33.7 Å². The number of esters is 1. The summed E-state index contributed by atoms with van der Waals surface area (Å²) < 4.78 is 59.3. The first-order chi connectivity index (χ1) is 28.0. The minimum absolute atomic E-state index is 0.0135. The van der Waals surface area contributed by atoms with Crippen LogP contribution in [0.15, 0.2) is 42.4 Å². The molecule has 9 N–H and O–H groups in total. The lowest BCUT2D eigenvalue weighted by atomic mass is 10.1. The predicted octanol–water partition coefficient (Wildman–Crippen LogP) is 0.216. The first-order valence-corrected chi connectivity index (χ1v) is 21.8. The molecule has 2 aliphatic rings. The predicted molar refractivity (Wildman–Crippen MR) is 208 cm³/mol. The van der Waals surface area contributed by atoms with Crippen molar-refractivity contribution in [2.45, 2.75) is 100 Å². The third kappa shape index (κ3) is 12.5. The highest BCUT2D eigenvalue weighted by Crippen LogP contribution is 2.50. The second-order valence-corrected chi connectivity index (χ2v) is 18.9. The van der Waals surface area contributed by atoms with Crippen molar-refractivity contribution in [2.75, 3.05) is 24.7 Å². The summed E-state index contributed by atoms with van der Waals surface area (Å²) >= 11 is 0.926. The summed E-state index contributed by atoms with van der Waals surface area (Å²) in [6, 6.07) is -0.277. The molecule has 9 atom stereocenters. The van der Waals surface area contributed by atoms with Crippen molar-refractivity contribution in [3.8, 4) is 0 Å².